The van der Waals surface area contributed by atoms with E-state index < -0.39 is 11.9 Å². The van der Waals surface area contributed by atoms with Crippen LogP contribution in [0.15, 0.2) is 0 Å². The lowest BCUT2D eigenvalue weighted by Gasteiger charge is -2.22. The van der Waals surface area contributed by atoms with Crippen molar-refractivity contribution in [2.75, 3.05) is 6.54 Å². The number of aliphatic hydroxyl groups excluding tert-OH is 1. The average Bonchev–Trinajstić information content (AvgIpc) is 2.63. The second-order valence-electron chi connectivity index (χ2n) is 4.57. The zero-order chi connectivity index (χ0) is 9.92. The first-order valence-electron chi connectivity index (χ1n) is 4.99. The van der Waals surface area contributed by atoms with Crippen LogP contribution in [0, 0.1) is 0 Å². The molecule has 5 atom stereocenters. The molecule has 5 nitrogen and oxygen atoms in total. The van der Waals surface area contributed by atoms with E-state index in [9.17, 15) is 5.11 Å². The van der Waals surface area contributed by atoms with Crippen LogP contribution in [0.4, 0.5) is 0 Å². The Labute approximate surface area is 82.3 Å². The Morgan fingerprint density at radius 3 is 2.86 bits per heavy atom. The van der Waals surface area contributed by atoms with Crippen LogP contribution in [-0.2, 0) is 14.2 Å². The lowest BCUT2D eigenvalue weighted by atomic mass is 10.1. The molecule has 3 fully saturated rings. The molecule has 0 radical (unpaired) electrons. The van der Waals surface area contributed by atoms with Gasteiger partial charge in [0.05, 0.1) is 12.1 Å². The molecule has 2 N–H and O–H groups in total. The lowest BCUT2D eigenvalue weighted by Crippen LogP contribution is -2.40. The van der Waals surface area contributed by atoms with Crippen LogP contribution in [0.1, 0.15) is 13.8 Å². The molecule has 0 aliphatic carbocycles. The molecule has 5 heteroatoms. The first-order valence-corrected chi connectivity index (χ1v) is 4.99. The van der Waals surface area contributed by atoms with Crippen LogP contribution in [0.3, 0.4) is 0 Å². The minimum Gasteiger partial charge on any atom is -0.389 e. The quantitative estimate of drug-likeness (QED) is 0.537. The normalized spacial score (nSPS) is 54.6. The number of hydrogen-bond donors (Lipinski definition) is 2. The Morgan fingerprint density at radius 2 is 2.07 bits per heavy atom. The Kier molecular flexibility index (Phi) is 1.73. The molecule has 0 unspecified atom stereocenters. The van der Waals surface area contributed by atoms with Crippen molar-refractivity contribution in [3.05, 3.63) is 0 Å². The molecule has 3 saturated heterocycles. The molecule has 0 aromatic carbocycles. The molecule has 0 saturated carbocycles. The molecular weight excluding hydrogens is 186 g/mol. The Balaban J connectivity index is 1.80. The third-order valence-corrected chi connectivity index (χ3v) is 3.03. The number of ether oxygens (including phenoxy) is 3. The van der Waals surface area contributed by atoms with Gasteiger partial charge in [-0.3, -0.25) is 0 Å². The van der Waals surface area contributed by atoms with Gasteiger partial charge < -0.3 is 24.6 Å². The van der Waals surface area contributed by atoms with Gasteiger partial charge in [-0.15, -0.1) is 0 Å². The van der Waals surface area contributed by atoms with Gasteiger partial charge in [0, 0.05) is 6.54 Å². The van der Waals surface area contributed by atoms with Crippen LogP contribution in [0.2, 0.25) is 0 Å². The topological polar surface area (TPSA) is 60.0 Å². The molecule has 14 heavy (non-hydrogen) atoms. The molecule has 3 aliphatic rings. The summed E-state index contributed by atoms with van der Waals surface area (Å²) >= 11 is 0. The summed E-state index contributed by atoms with van der Waals surface area (Å²) in [6.07, 6.45) is -1.04. The van der Waals surface area contributed by atoms with Crippen LogP contribution in [-0.4, -0.2) is 48.1 Å². The molecular formula is C9H15NO4. The van der Waals surface area contributed by atoms with E-state index in [4.69, 9.17) is 14.2 Å². The van der Waals surface area contributed by atoms with Crippen LogP contribution in [0.5, 0.6) is 0 Å². The van der Waals surface area contributed by atoms with Crippen LogP contribution >= 0.6 is 0 Å². The van der Waals surface area contributed by atoms with E-state index in [1.165, 1.54) is 0 Å². The number of nitrogens with one attached hydrogen (secondary N) is 1. The molecule has 0 amide bonds. The van der Waals surface area contributed by atoms with E-state index in [0.29, 0.717) is 6.54 Å². The standard InChI is InChI=1S/C9H15NO4/c1-9(2)13-7-5-6(4(11)3-10-5)12-8(7)14-9/h4-8,10-11H,3H2,1-2H3/t4-,5-,6+,7+,8+/m0/s1. The van der Waals surface area contributed by atoms with Gasteiger partial charge in [-0.05, 0) is 13.8 Å². The fourth-order valence-electron chi connectivity index (χ4n) is 2.47. The largest absolute Gasteiger partial charge is 0.389 e. The average molecular weight is 201 g/mol. The molecule has 3 rings (SSSR count). The summed E-state index contributed by atoms with van der Waals surface area (Å²) in [4.78, 5) is 0. The van der Waals surface area contributed by atoms with Crippen molar-refractivity contribution >= 4 is 0 Å². The number of fused-ring (bicyclic) bond motifs is 3. The number of aliphatic hydroxyl groups is 1. The second kappa shape index (κ2) is 2.68. The van der Waals surface area contributed by atoms with Crippen LogP contribution in [0.25, 0.3) is 0 Å². The first kappa shape index (κ1) is 9.06. The summed E-state index contributed by atoms with van der Waals surface area (Å²) in [6, 6.07) is 0.0665. The highest BCUT2D eigenvalue weighted by Crippen LogP contribution is 2.39. The summed E-state index contributed by atoms with van der Waals surface area (Å²) in [5, 5.41) is 12.8. The zero-order valence-electron chi connectivity index (χ0n) is 8.27. The van der Waals surface area contributed by atoms with Gasteiger partial charge in [0.2, 0.25) is 0 Å². The molecule has 3 heterocycles. The van der Waals surface area contributed by atoms with Gasteiger partial charge in [0.25, 0.3) is 0 Å². The van der Waals surface area contributed by atoms with Crippen molar-refractivity contribution in [2.24, 2.45) is 0 Å². The summed E-state index contributed by atoms with van der Waals surface area (Å²) in [5.74, 6) is -0.574. The maximum atomic E-state index is 9.59. The van der Waals surface area contributed by atoms with E-state index in [2.05, 4.69) is 5.32 Å². The molecule has 0 bridgehead atoms. The second-order valence-corrected chi connectivity index (χ2v) is 4.57. The summed E-state index contributed by atoms with van der Waals surface area (Å²) < 4.78 is 16.9. The van der Waals surface area contributed by atoms with E-state index in [0.717, 1.165) is 0 Å². The first-order chi connectivity index (χ1) is 6.57. The highest BCUT2D eigenvalue weighted by molar-refractivity contribution is 5.04. The molecule has 0 aromatic rings. The van der Waals surface area contributed by atoms with Crippen molar-refractivity contribution in [3.8, 4) is 0 Å². The molecule has 0 aromatic heterocycles. The maximum Gasteiger partial charge on any atom is 0.189 e. The van der Waals surface area contributed by atoms with Gasteiger partial charge in [0.15, 0.2) is 12.1 Å². The third kappa shape index (κ3) is 1.14. The summed E-state index contributed by atoms with van der Waals surface area (Å²) in [7, 11) is 0. The molecule has 0 spiro atoms. The third-order valence-electron chi connectivity index (χ3n) is 3.03. The molecule has 3 aliphatic heterocycles. The Bertz CT molecular complexity index is 257. The van der Waals surface area contributed by atoms with Crippen molar-refractivity contribution in [3.63, 3.8) is 0 Å². The smallest absolute Gasteiger partial charge is 0.189 e. The fourth-order valence-corrected chi connectivity index (χ4v) is 2.47. The van der Waals surface area contributed by atoms with E-state index >= 15 is 0 Å². The van der Waals surface area contributed by atoms with E-state index in [1.54, 1.807) is 0 Å². The highest BCUT2D eigenvalue weighted by atomic mass is 16.8. The summed E-state index contributed by atoms with van der Waals surface area (Å²) in [5.41, 5.74) is 0. The van der Waals surface area contributed by atoms with E-state index in [-0.39, 0.29) is 24.5 Å². The van der Waals surface area contributed by atoms with Crippen molar-refractivity contribution in [2.45, 2.75) is 50.3 Å². The summed E-state index contributed by atoms with van der Waals surface area (Å²) in [6.45, 7) is 4.31. The Hall–Kier alpha value is -0.200. The van der Waals surface area contributed by atoms with Gasteiger partial charge in [-0.25, -0.2) is 0 Å². The van der Waals surface area contributed by atoms with Gasteiger partial charge >= 0.3 is 0 Å². The minimum absolute atomic E-state index is 0.0665. The number of β-amino-alcohol motifs (C(OH)–C–C–N with tert-alkyl or cyclic N) is 1. The van der Waals surface area contributed by atoms with Crippen molar-refractivity contribution < 1.29 is 19.3 Å². The van der Waals surface area contributed by atoms with Gasteiger partial charge in [-0.2, -0.15) is 0 Å². The van der Waals surface area contributed by atoms with Crippen molar-refractivity contribution in [1.82, 2.24) is 5.32 Å². The zero-order valence-corrected chi connectivity index (χ0v) is 8.27. The predicted octanol–water partition coefficient (Wildman–Crippen LogP) is -0.805. The monoisotopic (exact) mass is 201 g/mol. The Morgan fingerprint density at radius 1 is 1.29 bits per heavy atom. The SMILES string of the molecule is CC1(C)O[C@H]2O[C@H]3[C@H](NC[C@@H]3O)[C@H]2O1. The molecule has 80 valence electrons. The van der Waals surface area contributed by atoms with Crippen molar-refractivity contribution in [1.29, 1.82) is 0 Å². The number of rotatable bonds is 0. The van der Waals surface area contributed by atoms with Gasteiger partial charge in [-0.1, -0.05) is 0 Å². The van der Waals surface area contributed by atoms with Crippen LogP contribution < -0.4 is 5.32 Å². The number of hydrogen-bond acceptors (Lipinski definition) is 5. The minimum atomic E-state index is -0.574. The highest BCUT2D eigenvalue weighted by Gasteiger charge is 2.58. The predicted molar refractivity (Wildman–Crippen MR) is 46.5 cm³/mol. The lowest BCUT2D eigenvalue weighted by molar-refractivity contribution is -0.211. The van der Waals surface area contributed by atoms with Gasteiger partial charge in [0.1, 0.15) is 12.2 Å². The fraction of sp³-hybridized carbons (Fsp3) is 1.00. The van der Waals surface area contributed by atoms with E-state index in [1.807, 2.05) is 13.8 Å². The maximum absolute atomic E-state index is 9.59.